The maximum atomic E-state index is 13.2. The van der Waals surface area contributed by atoms with Gasteiger partial charge in [0.2, 0.25) is 0 Å². The summed E-state index contributed by atoms with van der Waals surface area (Å²) in [4.78, 5) is 2.41. The highest BCUT2D eigenvalue weighted by Gasteiger charge is 2.23. The van der Waals surface area contributed by atoms with Gasteiger partial charge in [-0.1, -0.05) is 29.3 Å². The summed E-state index contributed by atoms with van der Waals surface area (Å²) in [5.74, 6) is 0. The topological polar surface area (TPSA) is 54.3 Å². The molecule has 2 heterocycles. The number of benzene rings is 2. The lowest BCUT2D eigenvalue weighted by atomic mass is 10.2. The highest BCUT2D eigenvalue weighted by molar-refractivity contribution is 7.90. The highest BCUT2D eigenvalue weighted by atomic mass is 35.5. The zero-order valence-electron chi connectivity index (χ0n) is 14.9. The van der Waals surface area contributed by atoms with Crippen molar-refractivity contribution in [3.63, 3.8) is 0 Å². The van der Waals surface area contributed by atoms with Crippen molar-refractivity contribution in [2.45, 2.75) is 11.3 Å². The highest BCUT2D eigenvalue weighted by Crippen LogP contribution is 2.35. The Hall–Kier alpha value is -1.44. The number of fused-ring (bicyclic) bond motifs is 1. The molecule has 0 atom stereocenters. The van der Waals surface area contributed by atoms with Crippen LogP contribution in [0.15, 0.2) is 53.6 Å². The van der Waals surface area contributed by atoms with Crippen molar-refractivity contribution >= 4 is 62.2 Å². The van der Waals surface area contributed by atoms with Gasteiger partial charge in [0.15, 0.2) is 0 Å². The molecule has 0 saturated carbocycles. The van der Waals surface area contributed by atoms with E-state index in [0.29, 0.717) is 15.6 Å². The van der Waals surface area contributed by atoms with E-state index in [1.807, 2.05) is 12.1 Å². The molecule has 1 saturated heterocycles. The summed E-state index contributed by atoms with van der Waals surface area (Å²) in [6.45, 7) is 3.65. The van der Waals surface area contributed by atoms with Gasteiger partial charge in [-0.3, -0.25) is 0 Å². The second-order valence-electron chi connectivity index (χ2n) is 6.49. The van der Waals surface area contributed by atoms with Gasteiger partial charge in [0, 0.05) is 41.9 Å². The standard InChI is InChI=1S/C19H19Cl2N3O2S.ClH/c20-14-3-1-4-15(13-14)27(25,26)24-11-7-16-18(6-5-17(21)19(16)24)23-10-2-8-22-9-12-23;/h1,3-7,11,13,22H,2,8-10,12H2;1H. The summed E-state index contributed by atoms with van der Waals surface area (Å²) in [6.07, 6.45) is 2.60. The maximum absolute atomic E-state index is 13.2. The lowest BCUT2D eigenvalue weighted by molar-refractivity contribution is 0.589. The minimum atomic E-state index is -3.81. The quantitative estimate of drug-likeness (QED) is 0.629. The van der Waals surface area contributed by atoms with Crippen LogP contribution in [-0.4, -0.2) is 38.6 Å². The molecule has 1 aliphatic heterocycles. The van der Waals surface area contributed by atoms with Gasteiger partial charge in [-0.05, 0) is 49.4 Å². The summed E-state index contributed by atoms with van der Waals surface area (Å²) in [6, 6.07) is 11.8. The van der Waals surface area contributed by atoms with Crippen LogP contribution in [0.2, 0.25) is 10.0 Å². The van der Waals surface area contributed by atoms with E-state index < -0.39 is 10.0 Å². The lowest BCUT2D eigenvalue weighted by Gasteiger charge is -2.23. The molecule has 3 aromatic rings. The molecule has 5 nitrogen and oxygen atoms in total. The molecule has 1 aliphatic rings. The number of rotatable bonds is 3. The van der Waals surface area contributed by atoms with Crippen molar-refractivity contribution in [1.82, 2.24) is 9.29 Å². The Morgan fingerprint density at radius 2 is 1.82 bits per heavy atom. The second kappa shape index (κ2) is 8.51. The molecular weight excluding hydrogens is 441 g/mol. The molecule has 0 bridgehead atoms. The molecule has 0 aliphatic carbocycles. The maximum Gasteiger partial charge on any atom is 0.268 e. The third kappa shape index (κ3) is 3.84. The van der Waals surface area contributed by atoms with E-state index >= 15 is 0 Å². The Labute approximate surface area is 180 Å². The first-order valence-electron chi connectivity index (χ1n) is 8.75. The minimum absolute atomic E-state index is 0. The van der Waals surface area contributed by atoms with Crippen LogP contribution in [0.5, 0.6) is 0 Å². The van der Waals surface area contributed by atoms with E-state index in [0.717, 1.165) is 43.7 Å². The average molecular weight is 461 g/mol. The largest absolute Gasteiger partial charge is 0.370 e. The van der Waals surface area contributed by atoms with Gasteiger partial charge < -0.3 is 10.2 Å². The second-order valence-corrected chi connectivity index (χ2v) is 9.15. The van der Waals surface area contributed by atoms with Gasteiger partial charge in [0.1, 0.15) is 0 Å². The van der Waals surface area contributed by atoms with E-state index in [4.69, 9.17) is 23.2 Å². The molecular formula is C19H20Cl3N3O2S. The molecule has 9 heteroatoms. The Morgan fingerprint density at radius 1 is 1.00 bits per heavy atom. The van der Waals surface area contributed by atoms with Gasteiger partial charge in [0.25, 0.3) is 10.0 Å². The van der Waals surface area contributed by atoms with Gasteiger partial charge in [-0.15, -0.1) is 12.4 Å². The number of nitrogens with zero attached hydrogens (tertiary/aromatic N) is 2. The number of hydrogen-bond donors (Lipinski definition) is 1. The van der Waals surface area contributed by atoms with E-state index in [1.165, 1.54) is 16.1 Å². The first kappa shape index (κ1) is 21.3. The van der Waals surface area contributed by atoms with Crippen LogP contribution in [-0.2, 0) is 10.0 Å². The number of hydrogen-bond acceptors (Lipinski definition) is 4. The Bertz CT molecular complexity index is 1090. The van der Waals surface area contributed by atoms with E-state index in [2.05, 4.69) is 10.2 Å². The average Bonchev–Trinajstić information content (AvgIpc) is 2.93. The number of nitrogens with one attached hydrogen (secondary N) is 1. The first-order valence-corrected chi connectivity index (χ1v) is 10.9. The van der Waals surface area contributed by atoms with Crippen LogP contribution in [0.4, 0.5) is 5.69 Å². The number of halogens is 3. The summed E-state index contributed by atoms with van der Waals surface area (Å²) >= 11 is 12.4. The van der Waals surface area contributed by atoms with Crippen molar-refractivity contribution < 1.29 is 8.42 Å². The van der Waals surface area contributed by atoms with Crippen molar-refractivity contribution in [2.24, 2.45) is 0 Å². The number of aromatic nitrogens is 1. The predicted octanol–water partition coefficient (Wildman–Crippen LogP) is 4.41. The van der Waals surface area contributed by atoms with Gasteiger partial charge in [-0.2, -0.15) is 0 Å². The summed E-state index contributed by atoms with van der Waals surface area (Å²) < 4.78 is 27.6. The predicted molar refractivity (Wildman–Crippen MR) is 118 cm³/mol. The fourth-order valence-corrected chi connectivity index (χ4v) is 5.45. The molecule has 0 amide bonds. The van der Waals surface area contributed by atoms with Crippen LogP contribution >= 0.6 is 35.6 Å². The van der Waals surface area contributed by atoms with Crippen molar-refractivity contribution in [1.29, 1.82) is 0 Å². The molecule has 1 aromatic heterocycles. The van der Waals surface area contributed by atoms with Crippen LogP contribution in [0.25, 0.3) is 10.9 Å². The van der Waals surface area contributed by atoms with Crippen molar-refractivity contribution in [3.8, 4) is 0 Å². The summed E-state index contributed by atoms with van der Waals surface area (Å²) in [5, 5.41) is 4.98. The van der Waals surface area contributed by atoms with Crippen LogP contribution in [0.1, 0.15) is 6.42 Å². The Morgan fingerprint density at radius 3 is 2.61 bits per heavy atom. The van der Waals surface area contributed by atoms with Gasteiger partial charge >= 0.3 is 0 Å². The SMILES string of the molecule is Cl.O=S(=O)(c1cccc(Cl)c1)n1ccc2c(N3CCCNCC3)ccc(Cl)c21. The Kier molecular flexibility index (Phi) is 6.47. The molecule has 0 radical (unpaired) electrons. The van der Waals surface area contributed by atoms with Gasteiger partial charge in [0.05, 0.1) is 15.4 Å². The monoisotopic (exact) mass is 459 g/mol. The molecule has 4 rings (SSSR count). The molecule has 0 spiro atoms. The zero-order chi connectivity index (χ0) is 19.0. The van der Waals surface area contributed by atoms with E-state index in [9.17, 15) is 8.42 Å². The molecule has 28 heavy (non-hydrogen) atoms. The third-order valence-corrected chi connectivity index (χ3v) is 6.99. The molecule has 0 unspecified atom stereocenters. The first-order chi connectivity index (χ1) is 13.0. The van der Waals surface area contributed by atoms with Gasteiger partial charge in [-0.25, -0.2) is 12.4 Å². The van der Waals surface area contributed by atoms with E-state index in [-0.39, 0.29) is 17.3 Å². The summed E-state index contributed by atoms with van der Waals surface area (Å²) in [5.41, 5.74) is 1.49. The molecule has 1 N–H and O–H groups in total. The Balaban J connectivity index is 0.00000225. The van der Waals surface area contributed by atoms with Crippen molar-refractivity contribution in [3.05, 3.63) is 58.7 Å². The van der Waals surface area contributed by atoms with E-state index in [1.54, 1.807) is 24.4 Å². The normalized spacial score (nSPS) is 15.3. The minimum Gasteiger partial charge on any atom is -0.370 e. The van der Waals surface area contributed by atoms with Crippen molar-refractivity contribution in [2.75, 3.05) is 31.1 Å². The fourth-order valence-electron chi connectivity index (χ4n) is 3.48. The fraction of sp³-hybridized carbons (Fsp3) is 0.263. The number of anilines is 1. The lowest BCUT2D eigenvalue weighted by Crippen LogP contribution is -2.27. The molecule has 2 aromatic carbocycles. The third-order valence-electron chi connectivity index (χ3n) is 4.78. The van der Waals surface area contributed by atoms with Crippen LogP contribution in [0, 0.1) is 0 Å². The zero-order valence-corrected chi connectivity index (χ0v) is 18.1. The smallest absolute Gasteiger partial charge is 0.268 e. The molecule has 1 fully saturated rings. The molecule has 150 valence electrons. The van der Waals surface area contributed by atoms with Crippen LogP contribution < -0.4 is 10.2 Å². The summed E-state index contributed by atoms with van der Waals surface area (Å²) in [7, 11) is -3.81. The van der Waals surface area contributed by atoms with Crippen LogP contribution in [0.3, 0.4) is 0 Å².